The number of benzene rings is 1. The molecule has 1 aromatic carbocycles. The van der Waals surface area contributed by atoms with Gasteiger partial charge < -0.3 is 4.90 Å². The number of halogens is 1. The maximum atomic E-state index is 13.2. The minimum absolute atomic E-state index is 0.176. The smallest absolute Gasteiger partial charge is 0.233 e. The first-order valence-corrected chi connectivity index (χ1v) is 11.3. The molecule has 1 saturated heterocycles. The Labute approximate surface area is 175 Å². The van der Waals surface area contributed by atoms with Crippen LogP contribution in [0, 0.1) is 17.7 Å². The number of nitrogens with zero attached hydrogens (tertiary/aromatic N) is 4. The summed E-state index contributed by atoms with van der Waals surface area (Å²) in [6, 6.07) is 6.20. The molecular formula is C22H27FN4OS. The van der Waals surface area contributed by atoms with Crippen molar-refractivity contribution in [3.8, 4) is 11.4 Å². The van der Waals surface area contributed by atoms with Crippen molar-refractivity contribution in [2.75, 3.05) is 18.8 Å². The predicted molar refractivity (Wildman–Crippen MR) is 113 cm³/mol. The van der Waals surface area contributed by atoms with E-state index in [1.54, 1.807) is 18.2 Å². The Morgan fingerprint density at radius 2 is 1.93 bits per heavy atom. The van der Waals surface area contributed by atoms with Gasteiger partial charge in [-0.25, -0.2) is 4.39 Å². The lowest BCUT2D eigenvalue weighted by Crippen LogP contribution is -2.45. The summed E-state index contributed by atoms with van der Waals surface area (Å²) in [5, 5.41) is 9.24. The van der Waals surface area contributed by atoms with Gasteiger partial charge in [0.15, 0.2) is 11.0 Å². The number of hydrogen-bond acceptors (Lipinski definition) is 4. The number of hydrogen-bond donors (Lipinski definition) is 0. The molecule has 2 aromatic rings. The van der Waals surface area contributed by atoms with Gasteiger partial charge in [0.25, 0.3) is 0 Å². The summed E-state index contributed by atoms with van der Waals surface area (Å²) in [6.07, 6.45) is 8.15. The summed E-state index contributed by atoms with van der Waals surface area (Å²) in [5.41, 5.74) is 0.790. The van der Waals surface area contributed by atoms with Crippen LogP contribution in [0.5, 0.6) is 0 Å². The van der Waals surface area contributed by atoms with Crippen LogP contribution in [-0.4, -0.2) is 44.4 Å². The molecule has 1 aliphatic heterocycles. The highest BCUT2D eigenvalue weighted by Crippen LogP contribution is 2.36. The van der Waals surface area contributed by atoms with Crippen molar-refractivity contribution in [2.45, 2.75) is 43.8 Å². The van der Waals surface area contributed by atoms with Gasteiger partial charge in [0.2, 0.25) is 5.91 Å². The predicted octanol–water partition coefficient (Wildman–Crippen LogP) is 4.40. The highest BCUT2D eigenvalue weighted by atomic mass is 32.2. The zero-order valence-corrected chi connectivity index (χ0v) is 17.4. The van der Waals surface area contributed by atoms with Crippen molar-refractivity contribution < 1.29 is 9.18 Å². The summed E-state index contributed by atoms with van der Waals surface area (Å²) < 4.78 is 15.2. The fourth-order valence-corrected chi connectivity index (χ4v) is 5.40. The third-order valence-electron chi connectivity index (χ3n) is 6.10. The minimum Gasteiger partial charge on any atom is -0.342 e. The zero-order valence-electron chi connectivity index (χ0n) is 16.6. The van der Waals surface area contributed by atoms with Crippen molar-refractivity contribution >= 4 is 17.7 Å². The van der Waals surface area contributed by atoms with Crippen LogP contribution in [0.15, 0.2) is 42.1 Å². The van der Waals surface area contributed by atoms with Gasteiger partial charge in [0, 0.05) is 25.2 Å². The Morgan fingerprint density at radius 1 is 1.17 bits per heavy atom. The van der Waals surface area contributed by atoms with Crippen LogP contribution in [0.25, 0.3) is 11.4 Å². The van der Waals surface area contributed by atoms with Crippen LogP contribution >= 0.6 is 11.8 Å². The Balaban J connectivity index is 1.42. The quantitative estimate of drug-likeness (QED) is 0.519. The lowest BCUT2D eigenvalue weighted by Gasteiger charge is -2.41. The molecule has 154 valence electrons. The highest BCUT2D eigenvalue weighted by Gasteiger charge is 2.32. The van der Waals surface area contributed by atoms with Gasteiger partial charge in [-0.15, -0.1) is 16.8 Å². The second kappa shape index (κ2) is 9.11. The van der Waals surface area contributed by atoms with E-state index >= 15 is 0 Å². The van der Waals surface area contributed by atoms with Gasteiger partial charge in [-0.2, -0.15) is 0 Å². The first kappa shape index (κ1) is 20.1. The molecule has 0 bridgehead atoms. The van der Waals surface area contributed by atoms with E-state index in [2.05, 4.69) is 16.8 Å². The summed E-state index contributed by atoms with van der Waals surface area (Å²) in [4.78, 5) is 14.9. The van der Waals surface area contributed by atoms with Gasteiger partial charge in [-0.3, -0.25) is 9.36 Å². The molecule has 5 nitrogen and oxygen atoms in total. The zero-order chi connectivity index (χ0) is 20.2. The van der Waals surface area contributed by atoms with Gasteiger partial charge in [0.05, 0.1) is 5.75 Å². The largest absolute Gasteiger partial charge is 0.342 e. The molecule has 4 rings (SSSR count). The summed E-state index contributed by atoms with van der Waals surface area (Å²) >= 11 is 1.41. The van der Waals surface area contributed by atoms with Gasteiger partial charge in [-0.05, 0) is 48.9 Å². The van der Waals surface area contributed by atoms with E-state index in [4.69, 9.17) is 0 Å². The fraction of sp³-hybridized carbons (Fsp3) is 0.500. The standard InChI is InChI=1S/C22H27FN4OS/c1-2-12-27-21(17-7-9-19(23)10-8-17)24-25-22(27)29-15-20(28)26-13-11-16-5-3-4-6-18(16)14-26/h2,7-10,16,18H,1,3-6,11-15H2/t16-,18+/m1/s1. The molecule has 7 heteroatoms. The first-order chi connectivity index (χ1) is 14.2. The van der Waals surface area contributed by atoms with Crippen LogP contribution in [0.4, 0.5) is 4.39 Å². The van der Waals surface area contributed by atoms with E-state index in [0.717, 1.165) is 31.0 Å². The molecule has 2 aliphatic rings. The SMILES string of the molecule is C=CCn1c(SCC(=O)N2CC[C@H]3CCCC[C@H]3C2)nnc1-c1ccc(F)cc1. The average Bonchev–Trinajstić information content (AvgIpc) is 3.15. The first-order valence-electron chi connectivity index (χ1n) is 10.4. The molecule has 0 unspecified atom stereocenters. The number of amides is 1. The number of carbonyl (C=O) groups is 1. The average molecular weight is 415 g/mol. The molecule has 2 fully saturated rings. The van der Waals surface area contributed by atoms with E-state index in [1.165, 1.54) is 49.6 Å². The Bertz CT molecular complexity index is 866. The molecule has 0 radical (unpaired) electrons. The number of allylic oxidation sites excluding steroid dienone is 1. The van der Waals surface area contributed by atoms with Crippen LogP contribution in [-0.2, 0) is 11.3 Å². The van der Waals surface area contributed by atoms with Crippen molar-refractivity contribution in [3.05, 3.63) is 42.7 Å². The lowest BCUT2D eigenvalue weighted by atomic mass is 9.75. The monoisotopic (exact) mass is 414 g/mol. The molecule has 2 atom stereocenters. The van der Waals surface area contributed by atoms with E-state index < -0.39 is 0 Å². The van der Waals surface area contributed by atoms with Crippen LogP contribution in [0.2, 0.25) is 0 Å². The van der Waals surface area contributed by atoms with Gasteiger partial charge >= 0.3 is 0 Å². The molecule has 0 spiro atoms. The third-order valence-corrected chi connectivity index (χ3v) is 7.05. The highest BCUT2D eigenvalue weighted by molar-refractivity contribution is 7.99. The number of piperidine rings is 1. The number of rotatable bonds is 6. The van der Waals surface area contributed by atoms with Gasteiger partial charge in [0.1, 0.15) is 5.82 Å². The van der Waals surface area contributed by atoms with Crippen molar-refractivity contribution in [1.29, 1.82) is 0 Å². The van der Waals surface area contributed by atoms with Crippen LogP contribution in [0.1, 0.15) is 32.1 Å². The molecule has 29 heavy (non-hydrogen) atoms. The fourth-order valence-electron chi connectivity index (χ4n) is 4.55. The minimum atomic E-state index is -0.287. The summed E-state index contributed by atoms with van der Waals surface area (Å²) in [6.45, 7) is 6.13. The molecular weight excluding hydrogens is 387 g/mol. The Kier molecular flexibility index (Phi) is 6.33. The second-order valence-corrected chi connectivity index (χ2v) is 8.88. The molecule has 1 aliphatic carbocycles. The molecule has 0 N–H and O–H groups in total. The second-order valence-electron chi connectivity index (χ2n) is 7.93. The molecule has 1 aromatic heterocycles. The van der Waals surface area contributed by atoms with Crippen molar-refractivity contribution in [1.82, 2.24) is 19.7 Å². The molecule has 1 amide bonds. The normalized spacial score (nSPS) is 21.6. The van der Waals surface area contributed by atoms with Crippen LogP contribution in [0.3, 0.4) is 0 Å². The summed E-state index contributed by atoms with van der Waals surface area (Å²) in [5.74, 6) is 2.40. The Morgan fingerprint density at radius 3 is 2.69 bits per heavy atom. The molecule has 2 heterocycles. The van der Waals surface area contributed by atoms with E-state index in [0.29, 0.717) is 29.2 Å². The summed E-state index contributed by atoms with van der Waals surface area (Å²) in [7, 11) is 0. The molecule has 1 saturated carbocycles. The number of fused-ring (bicyclic) bond motifs is 1. The van der Waals surface area contributed by atoms with Crippen molar-refractivity contribution in [2.24, 2.45) is 11.8 Å². The number of thioether (sulfide) groups is 1. The number of aromatic nitrogens is 3. The Hall–Kier alpha value is -2.15. The maximum Gasteiger partial charge on any atom is 0.233 e. The van der Waals surface area contributed by atoms with Crippen molar-refractivity contribution in [3.63, 3.8) is 0 Å². The van der Waals surface area contributed by atoms with Gasteiger partial charge in [-0.1, -0.05) is 37.1 Å². The lowest BCUT2D eigenvalue weighted by molar-refractivity contribution is -0.131. The van der Waals surface area contributed by atoms with E-state index in [-0.39, 0.29) is 11.7 Å². The maximum absolute atomic E-state index is 13.2. The number of likely N-dealkylation sites (tertiary alicyclic amines) is 1. The number of carbonyl (C=O) groups excluding carboxylic acids is 1. The third kappa shape index (κ3) is 4.55. The topological polar surface area (TPSA) is 51.0 Å². The van der Waals surface area contributed by atoms with Crippen LogP contribution < -0.4 is 0 Å². The van der Waals surface area contributed by atoms with E-state index in [1.807, 2.05) is 9.47 Å². The van der Waals surface area contributed by atoms with E-state index in [9.17, 15) is 9.18 Å².